The zero-order valence-electron chi connectivity index (χ0n) is 20.6. The van der Waals surface area contributed by atoms with Gasteiger partial charge >= 0.3 is 5.97 Å². The van der Waals surface area contributed by atoms with E-state index < -0.39 is 11.4 Å². The Labute approximate surface area is 217 Å². The number of fused-ring (bicyclic) bond motifs is 3. The fourth-order valence-corrected chi connectivity index (χ4v) is 6.43. The van der Waals surface area contributed by atoms with Crippen molar-refractivity contribution in [2.45, 2.75) is 31.1 Å². The Morgan fingerprint density at radius 3 is 2.59 bits per heavy atom. The smallest absolute Gasteiger partial charge is 0.337 e. The van der Waals surface area contributed by atoms with Crippen molar-refractivity contribution in [1.29, 1.82) is 0 Å². The molecule has 1 aromatic carbocycles. The summed E-state index contributed by atoms with van der Waals surface area (Å²) >= 11 is 6.83. The summed E-state index contributed by atoms with van der Waals surface area (Å²) in [6.45, 7) is 1.95. The maximum Gasteiger partial charge on any atom is 0.337 e. The highest BCUT2D eigenvalue weighted by atomic mass is 35.5. The van der Waals surface area contributed by atoms with Crippen LogP contribution < -0.4 is 20.3 Å². The molecule has 3 aromatic rings. The quantitative estimate of drug-likeness (QED) is 0.482. The van der Waals surface area contributed by atoms with E-state index in [1.54, 1.807) is 24.1 Å². The van der Waals surface area contributed by atoms with E-state index >= 15 is 0 Å². The van der Waals surface area contributed by atoms with Crippen molar-refractivity contribution >= 4 is 40.9 Å². The molecule has 0 radical (unpaired) electrons. The number of aromatic amines is 2. The molecule has 0 aliphatic carbocycles. The van der Waals surface area contributed by atoms with Crippen molar-refractivity contribution in [3.05, 3.63) is 56.5 Å². The monoisotopic (exact) mass is 522 g/mol. The number of carboxylic acids is 1. The minimum atomic E-state index is -1.02. The third-order valence-electron chi connectivity index (χ3n) is 8.04. The van der Waals surface area contributed by atoms with Crippen LogP contribution in [0.5, 0.6) is 0 Å². The Morgan fingerprint density at radius 2 is 1.89 bits per heavy atom. The highest BCUT2D eigenvalue weighted by Crippen LogP contribution is 2.52. The molecule has 1 amide bonds. The van der Waals surface area contributed by atoms with Crippen LogP contribution in [-0.2, 0) is 16.6 Å². The number of nitrogens with one attached hydrogen (secondary N) is 2. The lowest BCUT2D eigenvalue weighted by atomic mass is 9.73. The van der Waals surface area contributed by atoms with E-state index in [0.717, 1.165) is 42.0 Å². The summed E-state index contributed by atoms with van der Waals surface area (Å²) < 4.78 is 0. The first-order valence-corrected chi connectivity index (χ1v) is 12.7. The molecule has 37 heavy (non-hydrogen) atoms. The van der Waals surface area contributed by atoms with Crippen LogP contribution in [0.1, 0.15) is 40.7 Å². The molecule has 1 spiro atoms. The minimum absolute atomic E-state index is 0.00876. The number of benzene rings is 1. The second-order valence-corrected chi connectivity index (χ2v) is 10.5. The number of likely N-dealkylation sites (N-methyl/N-ethyl adjacent to an activating group) is 1. The lowest BCUT2D eigenvalue weighted by Gasteiger charge is -2.39. The summed E-state index contributed by atoms with van der Waals surface area (Å²) in [5.41, 5.74) is 2.89. The molecular weight excluding hydrogens is 496 g/mol. The number of amides is 1. The minimum Gasteiger partial charge on any atom is -0.478 e. The van der Waals surface area contributed by atoms with Gasteiger partial charge in [0.1, 0.15) is 5.82 Å². The summed E-state index contributed by atoms with van der Waals surface area (Å²) in [6, 6.07) is 5.22. The van der Waals surface area contributed by atoms with Gasteiger partial charge < -0.3 is 24.8 Å². The van der Waals surface area contributed by atoms with Gasteiger partial charge in [0.05, 0.1) is 16.5 Å². The maximum absolute atomic E-state index is 13.6. The number of carboxylic acid groups (broad SMARTS) is 1. The van der Waals surface area contributed by atoms with Gasteiger partial charge in [-0.25, -0.2) is 4.79 Å². The summed E-state index contributed by atoms with van der Waals surface area (Å²) in [4.78, 5) is 54.1. The van der Waals surface area contributed by atoms with E-state index in [-0.39, 0.29) is 17.0 Å². The Hall–Kier alpha value is -3.79. The van der Waals surface area contributed by atoms with Crippen LogP contribution in [0, 0.1) is 0 Å². The van der Waals surface area contributed by atoms with Crippen LogP contribution in [0.15, 0.2) is 29.2 Å². The number of H-pyrrole nitrogens is 2. The Balaban J connectivity index is 1.32. The Morgan fingerprint density at radius 1 is 1.14 bits per heavy atom. The van der Waals surface area contributed by atoms with Gasteiger partial charge in [0.25, 0.3) is 5.56 Å². The van der Waals surface area contributed by atoms with Crippen molar-refractivity contribution in [3.63, 3.8) is 0 Å². The number of halogens is 1. The fourth-order valence-electron chi connectivity index (χ4n) is 6.04. The van der Waals surface area contributed by atoms with Gasteiger partial charge in [-0.05, 0) is 43.9 Å². The first-order valence-electron chi connectivity index (χ1n) is 12.3. The Bertz CT molecular complexity index is 1500. The Kier molecular flexibility index (Phi) is 5.34. The molecule has 0 bridgehead atoms. The standard InChI is InChI=1S/C26H27ClN6O4/c1-31-7-3-4-16-21(31)29-25(30-22(16)34)33-8-5-26(6-9-33)20-17(27)10-14(12-19(20)32(2)24(26)37)18-11-15(13-28-18)23(35)36/h10-13,28H,3-9H2,1-2H3,(H,35,36)(H,29,30,34). The molecule has 3 aliphatic rings. The van der Waals surface area contributed by atoms with Crippen molar-refractivity contribution < 1.29 is 14.7 Å². The zero-order valence-corrected chi connectivity index (χ0v) is 21.4. The first kappa shape index (κ1) is 23.6. The largest absolute Gasteiger partial charge is 0.478 e. The van der Waals surface area contributed by atoms with Gasteiger partial charge in [-0.1, -0.05) is 11.6 Å². The zero-order chi connectivity index (χ0) is 26.1. The number of anilines is 3. The molecule has 0 atom stereocenters. The average molecular weight is 523 g/mol. The van der Waals surface area contributed by atoms with E-state index in [4.69, 9.17) is 16.6 Å². The predicted molar refractivity (Wildman–Crippen MR) is 141 cm³/mol. The maximum atomic E-state index is 13.6. The van der Waals surface area contributed by atoms with Gasteiger partial charge in [-0.15, -0.1) is 0 Å². The van der Waals surface area contributed by atoms with Crippen LogP contribution in [0.4, 0.5) is 17.5 Å². The lowest BCUT2D eigenvalue weighted by Crippen LogP contribution is -2.49. The summed E-state index contributed by atoms with van der Waals surface area (Å²) in [6.07, 6.45) is 4.16. The molecule has 1 saturated heterocycles. The number of carbonyl (C=O) groups is 2. The summed E-state index contributed by atoms with van der Waals surface area (Å²) in [5.74, 6) is 0.242. The molecule has 192 valence electrons. The van der Waals surface area contributed by atoms with Gasteiger partial charge in [0.15, 0.2) is 0 Å². The van der Waals surface area contributed by atoms with Gasteiger partial charge in [-0.3, -0.25) is 14.6 Å². The van der Waals surface area contributed by atoms with E-state index in [0.29, 0.717) is 48.2 Å². The van der Waals surface area contributed by atoms with Crippen LogP contribution >= 0.6 is 11.6 Å². The van der Waals surface area contributed by atoms with Crippen molar-refractivity contribution in [2.24, 2.45) is 0 Å². The summed E-state index contributed by atoms with van der Waals surface area (Å²) in [7, 11) is 3.70. The number of nitrogens with zero attached hydrogens (tertiary/aromatic N) is 4. The molecule has 0 saturated carbocycles. The van der Waals surface area contributed by atoms with Gasteiger partial charge in [-0.2, -0.15) is 4.98 Å². The lowest BCUT2D eigenvalue weighted by molar-refractivity contribution is -0.123. The van der Waals surface area contributed by atoms with Crippen molar-refractivity contribution in [2.75, 3.05) is 48.4 Å². The van der Waals surface area contributed by atoms with E-state index in [2.05, 4.69) is 9.97 Å². The predicted octanol–water partition coefficient (Wildman–Crippen LogP) is 3.01. The van der Waals surface area contributed by atoms with E-state index in [1.165, 1.54) is 6.20 Å². The number of hydrogen-bond acceptors (Lipinski definition) is 6. The molecule has 6 rings (SSSR count). The highest BCUT2D eigenvalue weighted by Gasteiger charge is 2.52. The van der Waals surface area contributed by atoms with Crippen LogP contribution in [0.2, 0.25) is 5.02 Å². The molecule has 3 aliphatic heterocycles. The summed E-state index contributed by atoms with van der Waals surface area (Å²) in [5, 5.41) is 9.74. The highest BCUT2D eigenvalue weighted by molar-refractivity contribution is 6.33. The topological polar surface area (TPSA) is 126 Å². The second-order valence-electron chi connectivity index (χ2n) is 10.1. The van der Waals surface area contributed by atoms with Crippen LogP contribution in [0.3, 0.4) is 0 Å². The molecule has 3 N–H and O–H groups in total. The van der Waals surface area contributed by atoms with Gasteiger partial charge in [0.2, 0.25) is 11.9 Å². The van der Waals surface area contributed by atoms with Crippen LogP contribution in [0.25, 0.3) is 11.3 Å². The third-order valence-corrected chi connectivity index (χ3v) is 8.34. The molecule has 10 nitrogen and oxygen atoms in total. The number of carbonyl (C=O) groups excluding carboxylic acids is 1. The molecule has 2 aromatic heterocycles. The molecule has 1 fully saturated rings. The van der Waals surface area contributed by atoms with Gasteiger partial charge in [0, 0.05) is 67.5 Å². The normalized spacial score (nSPS) is 18.4. The van der Waals surface area contributed by atoms with Crippen LogP contribution in [-0.4, -0.2) is 65.7 Å². The SMILES string of the molecule is CN1CCCc2c1nc(N1CCC3(CC1)C(=O)N(C)c1cc(-c4cc(C(=O)O)c[nH]4)cc(Cl)c13)[nH]c2=O. The molecular formula is C26H27ClN6O4. The van der Waals surface area contributed by atoms with Crippen molar-refractivity contribution in [3.8, 4) is 11.3 Å². The molecule has 0 unspecified atom stereocenters. The first-order chi connectivity index (χ1) is 17.7. The third kappa shape index (κ3) is 3.53. The number of aromatic carboxylic acids is 1. The average Bonchev–Trinajstić information content (AvgIpc) is 3.45. The number of rotatable bonds is 3. The van der Waals surface area contributed by atoms with E-state index in [1.807, 2.05) is 22.9 Å². The number of hydrogen-bond donors (Lipinski definition) is 3. The number of aromatic nitrogens is 3. The number of piperidine rings is 1. The molecule has 11 heteroatoms. The molecule has 5 heterocycles. The van der Waals surface area contributed by atoms with Crippen molar-refractivity contribution in [1.82, 2.24) is 15.0 Å². The van der Waals surface area contributed by atoms with E-state index in [9.17, 15) is 19.5 Å². The fraction of sp³-hybridized carbons (Fsp3) is 0.385. The second kappa shape index (κ2) is 8.37.